The second-order valence-corrected chi connectivity index (χ2v) is 7.35. The Labute approximate surface area is 157 Å². The molecule has 0 unspecified atom stereocenters. The molecule has 26 heavy (non-hydrogen) atoms. The monoisotopic (exact) mass is 364 g/mol. The van der Waals surface area contributed by atoms with Crippen LogP contribution in [0.4, 0.5) is 0 Å². The van der Waals surface area contributed by atoms with Crippen LogP contribution in [0.15, 0.2) is 64.5 Å². The van der Waals surface area contributed by atoms with Gasteiger partial charge in [0.2, 0.25) is 0 Å². The number of carbonyl (C=O) groups excluding carboxylic acids is 1. The lowest BCUT2D eigenvalue weighted by atomic mass is 10.1. The summed E-state index contributed by atoms with van der Waals surface area (Å²) in [4.78, 5) is 19.4. The van der Waals surface area contributed by atoms with Crippen molar-refractivity contribution < 1.29 is 9.53 Å². The molecule has 1 saturated heterocycles. The maximum Gasteiger partial charge on any atom is 0.286 e. The third kappa shape index (κ3) is 3.99. The first kappa shape index (κ1) is 16.9. The van der Waals surface area contributed by atoms with Crippen molar-refractivity contribution in [1.29, 1.82) is 0 Å². The van der Waals surface area contributed by atoms with Crippen LogP contribution in [-0.4, -0.2) is 29.1 Å². The van der Waals surface area contributed by atoms with E-state index in [0.717, 1.165) is 35.3 Å². The maximum atomic E-state index is 12.3. The number of amides is 1. The Morgan fingerprint density at radius 1 is 0.962 bits per heavy atom. The van der Waals surface area contributed by atoms with Crippen molar-refractivity contribution >= 4 is 28.9 Å². The van der Waals surface area contributed by atoms with E-state index in [0.29, 0.717) is 4.91 Å². The topological polar surface area (TPSA) is 41.9 Å². The van der Waals surface area contributed by atoms with Crippen LogP contribution in [-0.2, 0) is 4.79 Å². The molecular weight excluding hydrogens is 344 g/mol. The number of piperidine rings is 1. The van der Waals surface area contributed by atoms with Crippen LogP contribution < -0.4 is 4.74 Å². The molecular formula is C21H20N2O2S. The molecule has 0 aliphatic carbocycles. The van der Waals surface area contributed by atoms with E-state index in [-0.39, 0.29) is 5.91 Å². The predicted molar refractivity (Wildman–Crippen MR) is 106 cm³/mol. The molecule has 4 nitrogen and oxygen atoms in total. The number of carbonyl (C=O) groups is 1. The molecule has 0 spiro atoms. The zero-order valence-electron chi connectivity index (χ0n) is 14.4. The van der Waals surface area contributed by atoms with Gasteiger partial charge in [-0.1, -0.05) is 30.3 Å². The largest absolute Gasteiger partial charge is 0.457 e. The Balaban J connectivity index is 1.48. The molecule has 1 amide bonds. The third-order valence-electron chi connectivity index (χ3n) is 4.37. The van der Waals surface area contributed by atoms with Gasteiger partial charge in [0, 0.05) is 13.1 Å². The number of para-hydroxylation sites is 1. The van der Waals surface area contributed by atoms with E-state index in [1.54, 1.807) is 0 Å². The Kier molecular flexibility index (Phi) is 5.07. The summed E-state index contributed by atoms with van der Waals surface area (Å²) in [7, 11) is 0. The summed E-state index contributed by atoms with van der Waals surface area (Å²) in [6.07, 6.45) is 5.50. The lowest BCUT2D eigenvalue weighted by Crippen LogP contribution is -2.33. The fourth-order valence-electron chi connectivity index (χ4n) is 3.06. The van der Waals surface area contributed by atoms with Gasteiger partial charge < -0.3 is 9.64 Å². The van der Waals surface area contributed by atoms with E-state index in [4.69, 9.17) is 4.74 Å². The SMILES string of the molecule is O=C1N=C(N2CCCCC2)S/C1=C\c1cccc(Oc2ccccc2)c1. The quantitative estimate of drug-likeness (QED) is 0.724. The van der Waals surface area contributed by atoms with E-state index in [1.165, 1.54) is 31.0 Å². The van der Waals surface area contributed by atoms with Crippen molar-refractivity contribution in [2.75, 3.05) is 13.1 Å². The standard InChI is InChI=1S/C21H20N2O2S/c24-20-19(26-21(22-20)23-12-5-2-6-13-23)15-16-8-7-11-18(14-16)25-17-9-3-1-4-10-17/h1,3-4,7-11,14-15H,2,5-6,12-13H2/b19-15-. The second-order valence-electron chi connectivity index (χ2n) is 6.35. The number of hydrogen-bond acceptors (Lipinski definition) is 4. The number of aliphatic imine (C=N–C) groups is 1. The molecule has 0 saturated carbocycles. The van der Waals surface area contributed by atoms with Gasteiger partial charge in [0.05, 0.1) is 4.91 Å². The zero-order valence-corrected chi connectivity index (χ0v) is 15.2. The Hall–Kier alpha value is -2.53. The lowest BCUT2D eigenvalue weighted by molar-refractivity contribution is -0.113. The Bertz CT molecular complexity index is 855. The molecule has 132 valence electrons. The summed E-state index contributed by atoms with van der Waals surface area (Å²) in [6, 6.07) is 17.4. The van der Waals surface area contributed by atoms with Crippen molar-refractivity contribution in [3.63, 3.8) is 0 Å². The average Bonchev–Trinajstić information content (AvgIpc) is 3.04. The van der Waals surface area contributed by atoms with Gasteiger partial charge in [-0.3, -0.25) is 4.79 Å². The number of benzene rings is 2. The molecule has 2 aliphatic rings. The zero-order chi connectivity index (χ0) is 17.8. The van der Waals surface area contributed by atoms with Gasteiger partial charge in [-0.05, 0) is 66.9 Å². The summed E-state index contributed by atoms with van der Waals surface area (Å²) in [5, 5.41) is 0.845. The normalized spacial score (nSPS) is 18.9. The summed E-state index contributed by atoms with van der Waals surface area (Å²) in [5.74, 6) is 1.39. The predicted octanol–water partition coefficient (Wildman–Crippen LogP) is 4.94. The molecule has 0 bridgehead atoms. The molecule has 5 heteroatoms. The van der Waals surface area contributed by atoms with Crippen LogP contribution in [0.5, 0.6) is 11.5 Å². The van der Waals surface area contributed by atoms with Crippen LogP contribution in [0.1, 0.15) is 24.8 Å². The minimum Gasteiger partial charge on any atom is -0.457 e. The number of hydrogen-bond donors (Lipinski definition) is 0. The summed E-state index contributed by atoms with van der Waals surface area (Å²) >= 11 is 1.48. The van der Waals surface area contributed by atoms with Crippen molar-refractivity contribution in [2.24, 2.45) is 4.99 Å². The maximum absolute atomic E-state index is 12.3. The van der Waals surface area contributed by atoms with Crippen molar-refractivity contribution in [3.8, 4) is 11.5 Å². The minimum atomic E-state index is -0.148. The number of rotatable bonds is 3. The van der Waals surface area contributed by atoms with Crippen molar-refractivity contribution in [1.82, 2.24) is 4.90 Å². The van der Waals surface area contributed by atoms with Crippen LogP contribution in [0.2, 0.25) is 0 Å². The molecule has 2 aromatic carbocycles. The van der Waals surface area contributed by atoms with E-state index >= 15 is 0 Å². The second kappa shape index (κ2) is 7.79. The van der Waals surface area contributed by atoms with E-state index in [9.17, 15) is 4.79 Å². The van der Waals surface area contributed by atoms with E-state index in [1.807, 2.05) is 60.7 Å². The van der Waals surface area contributed by atoms with Gasteiger partial charge in [-0.2, -0.15) is 4.99 Å². The highest BCUT2D eigenvalue weighted by atomic mass is 32.2. The van der Waals surface area contributed by atoms with Crippen LogP contribution >= 0.6 is 11.8 Å². The fraction of sp³-hybridized carbons (Fsp3) is 0.238. The molecule has 0 atom stereocenters. The van der Waals surface area contributed by atoms with Gasteiger partial charge >= 0.3 is 0 Å². The first-order valence-electron chi connectivity index (χ1n) is 8.88. The molecule has 2 aromatic rings. The Morgan fingerprint density at radius 3 is 2.54 bits per heavy atom. The van der Waals surface area contributed by atoms with Gasteiger partial charge in [-0.25, -0.2) is 0 Å². The summed E-state index contributed by atoms with van der Waals surface area (Å²) in [6.45, 7) is 1.99. The average molecular weight is 364 g/mol. The molecule has 0 radical (unpaired) electrons. The number of likely N-dealkylation sites (tertiary alicyclic amines) is 1. The first-order chi connectivity index (χ1) is 12.8. The van der Waals surface area contributed by atoms with E-state index in [2.05, 4.69) is 9.89 Å². The number of thioether (sulfide) groups is 1. The molecule has 0 aromatic heterocycles. The molecule has 1 fully saturated rings. The number of amidine groups is 1. The van der Waals surface area contributed by atoms with Crippen molar-refractivity contribution in [2.45, 2.75) is 19.3 Å². The van der Waals surface area contributed by atoms with E-state index < -0.39 is 0 Å². The minimum absolute atomic E-state index is 0.148. The van der Waals surface area contributed by atoms with Gasteiger partial charge in [0.1, 0.15) is 11.5 Å². The molecule has 0 N–H and O–H groups in total. The lowest BCUT2D eigenvalue weighted by Gasteiger charge is -2.27. The van der Waals surface area contributed by atoms with Gasteiger partial charge in [0.25, 0.3) is 5.91 Å². The van der Waals surface area contributed by atoms with Gasteiger partial charge in [0.15, 0.2) is 5.17 Å². The van der Waals surface area contributed by atoms with Gasteiger partial charge in [-0.15, -0.1) is 0 Å². The molecule has 2 heterocycles. The Morgan fingerprint density at radius 2 is 1.73 bits per heavy atom. The summed E-state index contributed by atoms with van der Waals surface area (Å²) in [5.41, 5.74) is 0.935. The summed E-state index contributed by atoms with van der Waals surface area (Å²) < 4.78 is 5.87. The number of nitrogens with zero attached hydrogens (tertiary/aromatic N) is 2. The van der Waals surface area contributed by atoms with Crippen molar-refractivity contribution in [3.05, 3.63) is 65.1 Å². The molecule has 2 aliphatic heterocycles. The highest BCUT2D eigenvalue weighted by Crippen LogP contribution is 2.32. The fourth-order valence-corrected chi connectivity index (χ4v) is 4.03. The number of ether oxygens (including phenoxy) is 1. The van der Waals surface area contributed by atoms with Crippen LogP contribution in [0, 0.1) is 0 Å². The highest BCUT2D eigenvalue weighted by Gasteiger charge is 2.26. The third-order valence-corrected chi connectivity index (χ3v) is 5.42. The highest BCUT2D eigenvalue weighted by molar-refractivity contribution is 8.18. The molecule has 4 rings (SSSR count). The van der Waals surface area contributed by atoms with Crippen LogP contribution in [0.25, 0.3) is 6.08 Å². The van der Waals surface area contributed by atoms with Crippen LogP contribution in [0.3, 0.4) is 0 Å². The smallest absolute Gasteiger partial charge is 0.286 e. The first-order valence-corrected chi connectivity index (χ1v) is 9.70.